The van der Waals surface area contributed by atoms with Crippen molar-refractivity contribution in [3.63, 3.8) is 0 Å². The van der Waals surface area contributed by atoms with Gasteiger partial charge in [0.1, 0.15) is 0 Å². The van der Waals surface area contributed by atoms with Crippen molar-refractivity contribution in [3.8, 4) is 0 Å². The molecule has 1 aromatic rings. The highest BCUT2D eigenvalue weighted by atomic mass is 16.2. The first kappa shape index (κ1) is 11.6. The number of carbonyl (C=O) groups excluding carboxylic acids is 2. The van der Waals surface area contributed by atoms with E-state index in [4.69, 9.17) is 0 Å². The summed E-state index contributed by atoms with van der Waals surface area (Å²) >= 11 is 0. The molecular weight excluding hydrogens is 218 g/mol. The van der Waals surface area contributed by atoms with Crippen molar-refractivity contribution in [2.24, 2.45) is 5.92 Å². The minimum atomic E-state index is -0.212. The second kappa shape index (κ2) is 5.43. The summed E-state index contributed by atoms with van der Waals surface area (Å²) in [6.07, 6.45) is 4.57. The Labute approximate surface area is 99.6 Å². The van der Waals surface area contributed by atoms with Crippen LogP contribution in [0.25, 0.3) is 0 Å². The van der Waals surface area contributed by atoms with E-state index in [2.05, 4.69) is 15.6 Å². The van der Waals surface area contributed by atoms with Gasteiger partial charge >= 0.3 is 0 Å². The molecule has 1 unspecified atom stereocenters. The fourth-order valence-electron chi connectivity index (χ4n) is 1.81. The van der Waals surface area contributed by atoms with Crippen LogP contribution < -0.4 is 10.6 Å². The molecule has 1 fully saturated rings. The van der Waals surface area contributed by atoms with Gasteiger partial charge < -0.3 is 10.6 Å². The van der Waals surface area contributed by atoms with E-state index in [1.807, 2.05) is 12.1 Å². The summed E-state index contributed by atoms with van der Waals surface area (Å²) in [6.45, 7) is 1.03. The van der Waals surface area contributed by atoms with Gasteiger partial charge in [-0.1, -0.05) is 6.07 Å². The van der Waals surface area contributed by atoms with Crippen LogP contribution in [0.1, 0.15) is 12.0 Å². The first-order chi connectivity index (χ1) is 8.25. The third-order valence-electron chi connectivity index (χ3n) is 2.78. The van der Waals surface area contributed by atoms with Gasteiger partial charge in [0.25, 0.3) is 0 Å². The topological polar surface area (TPSA) is 71.1 Å². The van der Waals surface area contributed by atoms with Crippen LogP contribution >= 0.6 is 0 Å². The fraction of sp³-hybridized carbons (Fsp3) is 0.417. The molecule has 1 aromatic heterocycles. The molecule has 1 atom stereocenters. The molecule has 1 saturated heterocycles. The quantitative estimate of drug-likeness (QED) is 0.761. The van der Waals surface area contributed by atoms with Crippen LogP contribution in [0.4, 0.5) is 0 Å². The summed E-state index contributed by atoms with van der Waals surface area (Å²) in [5, 5.41) is 5.48. The highest BCUT2D eigenvalue weighted by Crippen LogP contribution is 2.08. The minimum absolute atomic E-state index is 0.0441. The van der Waals surface area contributed by atoms with Crippen molar-refractivity contribution in [3.05, 3.63) is 30.1 Å². The highest BCUT2D eigenvalue weighted by Gasteiger charge is 2.27. The molecule has 0 radical (unpaired) electrons. The SMILES string of the molecule is O=C1CC(C(=O)NCCc2cccnc2)CN1. The third-order valence-corrected chi connectivity index (χ3v) is 2.78. The molecule has 0 aliphatic carbocycles. The van der Waals surface area contributed by atoms with Gasteiger partial charge in [0.15, 0.2) is 0 Å². The van der Waals surface area contributed by atoms with Gasteiger partial charge in [0.05, 0.1) is 5.92 Å². The Hall–Kier alpha value is -1.91. The lowest BCUT2D eigenvalue weighted by atomic mass is 10.1. The molecule has 90 valence electrons. The van der Waals surface area contributed by atoms with Crippen molar-refractivity contribution in [2.45, 2.75) is 12.8 Å². The van der Waals surface area contributed by atoms with E-state index in [9.17, 15) is 9.59 Å². The molecule has 5 heteroatoms. The van der Waals surface area contributed by atoms with Gasteiger partial charge in [-0.05, 0) is 18.1 Å². The van der Waals surface area contributed by atoms with Crippen molar-refractivity contribution in [1.82, 2.24) is 15.6 Å². The monoisotopic (exact) mass is 233 g/mol. The molecule has 5 nitrogen and oxygen atoms in total. The van der Waals surface area contributed by atoms with Crippen LogP contribution in [-0.4, -0.2) is 29.9 Å². The Morgan fingerprint density at radius 3 is 3.12 bits per heavy atom. The van der Waals surface area contributed by atoms with Crippen LogP contribution in [-0.2, 0) is 16.0 Å². The van der Waals surface area contributed by atoms with E-state index < -0.39 is 0 Å². The summed E-state index contributed by atoms with van der Waals surface area (Å²) in [5.74, 6) is -0.305. The summed E-state index contributed by atoms with van der Waals surface area (Å²) in [5.41, 5.74) is 1.09. The zero-order valence-corrected chi connectivity index (χ0v) is 9.48. The zero-order chi connectivity index (χ0) is 12.1. The summed E-state index contributed by atoms with van der Waals surface area (Å²) in [4.78, 5) is 26.6. The maximum atomic E-state index is 11.7. The van der Waals surface area contributed by atoms with Gasteiger partial charge in [-0.15, -0.1) is 0 Å². The van der Waals surface area contributed by atoms with Gasteiger partial charge in [0, 0.05) is 31.9 Å². The lowest BCUT2D eigenvalue weighted by Crippen LogP contribution is -2.33. The molecule has 0 aromatic carbocycles. The zero-order valence-electron chi connectivity index (χ0n) is 9.48. The molecule has 0 saturated carbocycles. The maximum absolute atomic E-state index is 11.7. The molecule has 0 spiro atoms. The van der Waals surface area contributed by atoms with E-state index >= 15 is 0 Å². The van der Waals surface area contributed by atoms with Crippen molar-refractivity contribution in [2.75, 3.05) is 13.1 Å². The first-order valence-electron chi connectivity index (χ1n) is 5.69. The van der Waals surface area contributed by atoms with Crippen LogP contribution in [0.3, 0.4) is 0 Å². The predicted molar refractivity (Wildman–Crippen MR) is 62.1 cm³/mol. The lowest BCUT2D eigenvalue weighted by molar-refractivity contribution is -0.126. The molecule has 2 rings (SSSR count). The number of hydrogen-bond donors (Lipinski definition) is 2. The van der Waals surface area contributed by atoms with Crippen LogP contribution in [0.15, 0.2) is 24.5 Å². The Morgan fingerprint density at radius 1 is 1.59 bits per heavy atom. The standard InChI is InChI=1S/C12H15N3O2/c16-11-6-10(8-15-11)12(17)14-5-3-9-2-1-4-13-7-9/h1-2,4,7,10H,3,5-6,8H2,(H,14,17)(H,15,16). The number of carbonyl (C=O) groups is 2. The Balaban J connectivity index is 1.72. The molecule has 2 N–H and O–H groups in total. The number of amides is 2. The Bertz CT molecular complexity index is 405. The second-order valence-electron chi connectivity index (χ2n) is 4.11. The second-order valence-corrected chi connectivity index (χ2v) is 4.11. The van der Waals surface area contributed by atoms with E-state index in [1.165, 1.54) is 0 Å². The molecule has 17 heavy (non-hydrogen) atoms. The van der Waals surface area contributed by atoms with Gasteiger partial charge in [-0.3, -0.25) is 14.6 Å². The summed E-state index contributed by atoms with van der Waals surface area (Å²) < 4.78 is 0. The number of rotatable bonds is 4. The van der Waals surface area contributed by atoms with E-state index in [-0.39, 0.29) is 17.7 Å². The van der Waals surface area contributed by atoms with Gasteiger partial charge in [-0.25, -0.2) is 0 Å². The predicted octanol–water partition coefficient (Wildman–Crippen LogP) is -0.124. The first-order valence-corrected chi connectivity index (χ1v) is 5.69. The van der Waals surface area contributed by atoms with Crippen molar-refractivity contribution < 1.29 is 9.59 Å². The third kappa shape index (κ3) is 3.27. The lowest BCUT2D eigenvalue weighted by Gasteiger charge is -2.08. The summed E-state index contributed by atoms with van der Waals surface area (Å²) in [7, 11) is 0. The Morgan fingerprint density at radius 2 is 2.47 bits per heavy atom. The maximum Gasteiger partial charge on any atom is 0.225 e. The Kier molecular flexibility index (Phi) is 3.69. The van der Waals surface area contributed by atoms with E-state index in [1.54, 1.807) is 12.4 Å². The molecule has 1 aliphatic rings. The number of pyridine rings is 1. The molecule has 2 amide bonds. The van der Waals surface area contributed by atoms with E-state index in [0.29, 0.717) is 19.5 Å². The number of nitrogens with one attached hydrogen (secondary N) is 2. The molecule has 1 aliphatic heterocycles. The highest BCUT2D eigenvalue weighted by molar-refractivity contribution is 5.89. The van der Waals surface area contributed by atoms with E-state index in [0.717, 1.165) is 12.0 Å². The smallest absolute Gasteiger partial charge is 0.225 e. The number of hydrogen-bond acceptors (Lipinski definition) is 3. The molecular formula is C12H15N3O2. The average Bonchev–Trinajstić information content (AvgIpc) is 2.77. The number of aromatic nitrogens is 1. The van der Waals surface area contributed by atoms with Crippen LogP contribution in [0, 0.1) is 5.92 Å². The van der Waals surface area contributed by atoms with Gasteiger partial charge in [-0.2, -0.15) is 0 Å². The molecule has 0 bridgehead atoms. The number of nitrogens with zero attached hydrogens (tertiary/aromatic N) is 1. The van der Waals surface area contributed by atoms with Crippen LogP contribution in [0.5, 0.6) is 0 Å². The van der Waals surface area contributed by atoms with Crippen molar-refractivity contribution >= 4 is 11.8 Å². The summed E-state index contributed by atoms with van der Waals surface area (Å²) in [6, 6.07) is 3.84. The largest absolute Gasteiger partial charge is 0.355 e. The van der Waals surface area contributed by atoms with Crippen LogP contribution in [0.2, 0.25) is 0 Å². The molecule has 2 heterocycles. The average molecular weight is 233 g/mol. The van der Waals surface area contributed by atoms with Crippen molar-refractivity contribution in [1.29, 1.82) is 0 Å². The minimum Gasteiger partial charge on any atom is -0.355 e. The fourth-order valence-corrected chi connectivity index (χ4v) is 1.81. The normalized spacial score (nSPS) is 18.8. The van der Waals surface area contributed by atoms with Gasteiger partial charge in [0.2, 0.25) is 11.8 Å².